The molecule has 5 heteroatoms. The Morgan fingerprint density at radius 1 is 1.18 bits per heavy atom. The van der Waals surface area contributed by atoms with Crippen molar-refractivity contribution in [1.29, 1.82) is 0 Å². The van der Waals surface area contributed by atoms with Crippen LogP contribution in [0.15, 0.2) is 0 Å². The fourth-order valence-corrected chi connectivity index (χ4v) is 3.05. The van der Waals surface area contributed by atoms with Crippen molar-refractivity contribution in [3.05, 3.63) is 0 Å². The lowest BCUT2D eigenvalue weighted by atomic mass is 9.82. The third kappa shape index (κ3) is 8.46. The van der Waals surface area contributed by atoms with Gasteiger partial charge < -0.3 is 14.2 Å². The fourth-order valence-electron chi connectivity index (χ4n) is 1.90. The highest BCUT2D eigenvalue weighted by atomic mass is 31.1. The molecule has 0 aliphatic heterocycles. The second-order valence-corrected chi connectivity index (χ2v) is 6.15. The average molecular weight is 282 g/mol. The summed E-state index contributed by atoms with van der Waals surface area (Å²) in [5, 5.41) is 0. The van der Waals surface area contributed by atoms with E-state index in [2.05, 4.69) is 13.6 Å². The second-order valence-electron chi connectivity index (χ2n) is 4.47. The summed E-state index contributed by atoms with van der Waals surface area (Å²) in [6.07, 6.45) is 5.92. The molecule has 0 heterocycles. The van der Waals surface area contributed by atoms with Crippen LogP contribution < -0.4 is 0 Å². The lowest BCUT2D eigenvalue weighted by Gasteiger charge is -2.33. The highest BCUT2D eigenvalue weighted by Gasteiger charge is 2.29. The molecule has 3 atom stereocenters. The van der Waals surface area contributed by atoms with Gasteiger partial charge in [0.1, 0.15) is 0 Å². The van der Waals surface area contributed by atoms with Gasteiger partial charge in [0.05, 0.1) is 13.2 Å². The Kier molecular flexibility index (Phi) is 12.3. The molecule has 1 N–H and O–H groups in total. The first-order chi connectivity index (χ1) is 8.24. The highest BCUT2D eigenvalue weighted by Crippen LogP contribution is 2.33. The summed E-state index contributed by atoms with van der Waals surface area (Å²) in [5.41, 5.74) is 0.116. The first-order valence-corrected chi connectivity index (χ1v) is 9.04. The van der Waals surface area contributed by atoms with Crippen LogP contribution in [0.3, 0.4) is 0 Å². The molecule has 0 fully saturated rings. The Bertz CT molecular complexity index is 130. The first kappa shape index (κ1) is 17.7. The summed E-state index contributed by atoms with van der Waals surface area (Å²) in [6.45, 7) is 8.62. The Hall–Kier alpha value is 0.740. The summed E-state index contributed by atoms with van der Waals surface area (Å²) in [5.74, 6) is 0. The molecule has 17 heavy (non-hydrogen) atoms. The van der Waals surface area contributed by atoms with E-state index in [0.717, 1.165) is 34.6 Å². The van der Waals surface area contributed by atoms with Crippen molar-refractivity contribution < 1.29 is 14.2 Å². The maximum atomic E-state index is 8.87. The summed E-state index contributed by atoms with van der Waals surface area (Å²) < 4.78 is 10.9. The predicted molar refractivity (Wildman–Crippen MR) is 78.7 cm³/mol. The second kappa shape index (κ2) is 11.8. The SMILES string of the molecule is CCCCC(CCPC)(COCC)COPO. The van der Waals surface area contributed by atoms with E-state index in [0.29, 0.717) is 6.61 Å². The summed E-state index contributed by atoms with van der Waals surface area (Å²) in [7, 11) is 0.569. The van der Waals surface area contributed by atoms with Crippen molar-refractivity contribution in [1.82, 2.24) is 0 Å². The molecule has 0 aromatic rings. The molecule has 3 unspecified atom stereocenters. The molecular weight excluding hydrogens is 254 g/mol. The van der Waals surface area contributed by atoms with Crippen LogP contribution in [0, 0.1) is 5.41 Å². The zero-order valence-corrected chi connectivity index (χ0v) is 13.4. The number of hydrogen-bond acceptors (Lipinski definition) is 3. The molecule has 0 amide bonds. The van der Waals surface area contributed by atoms with Crippen LogP contribution in [-0.2, 0) is 9.26 Å². The maximum Gasteiger partial charge on any atom is 0.152 e. The molecular formula is C12H28O3P2. The van der Waals surface area contributed by atoms with Crippen LogP contribution in [0.1, 0.15) is 39.5 Å². The van der Waals surface area contributed by atoms with Gasteiger partial charge >= 0.3 is 0 Å². The molecule has 0 saturated heterocycles. The highest BCUT2D eigenvalue weighted by molar-refractivity contribution is 7.36. The lowest BCUT2D eigenvalue weighted by Crippen LogP contribution is -2.32. The van der Waals surface area contributed by atoms with Crippen LogP contribution in [0.5, 0.6) is 0 Å². The topological polar surface area (TPSA) is 38.7 Å². The van der Waals surface area contributed by atoms with Crippen LogP contribution in [0.2, 0.25) is 0 Å². The van der Waals surface area contributed by atoms with Gasteiger partial charge in [0.2, 0.25) is 0 Å². The van der Waals surface area contributed by atoms with E-state index in [1.807, 2.05) is 6.92 Å². The summed E-state index contributed by atoms with van der Waals surface area (Å²) in [6, 6.07) is 0. The van der Waals surface area contributed by atoms with Gasteiger partial charge in [-0.25, -0.2) is 0 Å². The molecule has 0 bridgehead atoms. The minimum Gasteiger partial charge on any atom is -0.381 e. The van der Waals surface area contributed by atoms with E-state index in [-0.39, 0.29) is 5.41 Å². The molecule has 0 aliphatic carbocycles. The van der Waals surface area contributed by atoms with Gasteiger partial charge in [0.25, 0.3) is 0 Å². The minimum atomic E-state index is -0.407. The number of ether oxygens (including phenoxy) is 1. The quantitative estimate of drug-likeness (QED) is 0.557. The fraction of sp³-hybridized carbons (Fsp3) is 1.00. The monoisotopic (exact) mass is 282 g/mol. The van der Waals surface area contributed by atoms with E-state index >= 15 is 0 Å². The van der Waals surface area contributed by atoms with Gasteiger partial charge in [-0.05, 0) is 32.6 Å². The zero-order valence-electron chi connectivity index (χ0n) is 11.4. The van der Waals surface area contributed by atoms with Gasteiger partial charge in [-0.2, -0.15) is 0 Å². The van der Waals surface area contributed by atoms with E-state index in [1.54, 1.807) is 0 Å². The van der Waals surface area contributed by atoms with Gasteiger partial charge in [-0.3, -0.25) is 0 Å². The summed E-state index contributed by atoms with van der Waals surface area (Å²) >= 11 is 0. The normalized spacial score (nSPS) is 16.2. The largest absolute Gasteiger partial charge is 0.381 e. The molecule has 0 saturated carbocycles. The van der Waals surface area contributed by atoms with Crippen molar-refractivity contribution in [3.63, 3.8) is 0 Å². The Balaban J connectivity index is 4.39. The minimum absolute atomic E-state index is 0.116. The Labute approximate surface area is 110 Å². The smallest absolute Gasteiger partial charge is 0.152 e. The van der Waals surface area contributed by atoms with Crippen LogP contribution in [0.4, 0.5) is 0 Å². The van der Waals surface area contributed by atoms with E-state index in [9.17, 15) is 0 Å². The van der Waals surface area contributed by atoms with Crippen LogP contribution in [-0.4, -0.2) is 37.5 Å². The third-order valence-electron chi connectivity index (χ3n) is 3.02. The molecule has 0 aromatic heterocycles. The average Bonchev–Trinajstić information content (AvgIpc) is 2.37. The molecule has 0 rings (SSSR count). The van der Waals surface area contributed by atoms with Crippen LogP contribution >= 0.6 is 17.6 Å². The van der Waals surface area contributed by atoms with Crippen molar-refractivity contribution in [3.8, 4) is 0 Å². The standard InChI is InChI=1S/C12H28O3P2/c1-4-6-7-12(8-9-16-3,10-14-5-2)11-15-17-13/h13,16-17H,4-11H2,1-3H3. The van der Waals surface area contributed by atoms with Gasteiger partial charge in [-0.1, -0.05) is 19.8 Å². The zero-order chi connectivity index (χ0) is 13.0. The Morgan fingerprint density at radius 2 is 1.94 bits per heavy atom. The van der Waals surface area contributed by atoms with Crippen molar-refractivity contribution in [2.75, 3.05) is 32.6 Å². The van der Waals surface area contributed by atoms with Crippen molar-refractivity contribution in [2.24, 2.45) is 5.41 Å². The first-order valence-electron chi connectivity index (χ1n) is 6.48. The molecule has 0 spiro atoms. The summed E-state index contributed by atoms with van der Waals surface area (Å²) in [4.78, 5) is 8.87. The third-order valence-corrected chi connectivity index (χ3v) is 4.04. The van der Waals surface area contributed by atoms with E-state index < -0.39 is 9.03 Å². The number of hydrogen-bond donors (Lipinski definition) is 1. The van der Waals surface area contributed by atoms with E-state index in [1.165, 1.54) is 19.0 Å². The molecule has 0 aliphatic rings. The molecule has 0 radical (unpaired) electrons. The number of rotatable bonds is 12. The van der Waals surface area contributed by atoms with Gasteiger partial charge in [0.15, 0.2) is 9.03 Å². The maximum absolute atomic E-state index is 8.87. The molecule has 0 aromatic carbocycles. The molecule has 3 nitrogen and oxygen atoms in total. The number of unbranched alkanes of at least 4 members (excludes halogenated alkanes) is 1. The molecule has 104 valence electrons. The van der Waals surface area contributed by atoms with Crippen molar-refractivity contribution in [2.45, 2.75) is 39.5 Å². The van der Waals surface area contributed by atoms with Gasteiger partial charge in [0, 0.05) is 12.0 Å². The van der Waals surface area contributed by atoms with Crippen LogP contribution in [0.25, 0.3) is 0 Å². The van der Waals surface area contributed by atoms with E-state index in [4.69, 9.17) is 14.2 Å². The predicted octanol–water partition coefficient (Wildman–Crippen LogP) is 3.42. The Morgan fingerprint density at radius 3 is 2.47 bits per heavy atom. The van der Waals surface area contributed by atoms with Gasteiger partial charge in [-0.15, -0.1) is 8.58 Å². The van der Waals surface area contributed by atoms with Crippen molar-refractivity contribution >= 4 is 17.6 Å². The lowest BCUT2D eigenvalue weighted by molar-refractivity contribution is 0.0112.